The molecule has 1 N–H and O–H groups in total. The number of amides is 1. The molecule has 0 spiro atoms. The second kappa shape index (κ2) is 7.57. The van der Waals surface area contributed by atoms with Crippen LogP contribution in [-0.4, -0.2) is 31.9 Å². The van der Waals surface area contributed by atoms with Crippen molar-refractivity contribution < 1.29 is 28.5 Å². The van der Waals surface area contributed by atoms with Gasteiger partial charge in [0.1, 0.15) is 5.75 Å². The maximum atomic E-state index is 11.9. The van der Waals surface area contributed by atoms with Gasteiger partial charge >= 0.3 is 5.97 Å². The maximum Gasteiger partial charge on any atom is 0.344 e. The van der Waals surface area contributed by atoms with Crippen LogP contribution >= 0.6 is 0 Å². The molecule has 0 aromatic heterocycles. The number of carbonyl (C=O) groups is 2. The zero-order valence-electron chi connectivity index (χ0n) is 14.7. The second-order valence-electron chi connectivity index (χ2n) is 6.35. The molecular weight excluding hydrogens is 350 g/mol. The smallest absolute Gasteiger partial charge is 0.344 e. The number of hydrogen-bond donors (Lipinski definition) is 1. The van der Waals surface area contributed by atoms with Crippen LogP contribution in [0.15, 0.2) is 36.4 Å². The summed E-state index contributed by atoms with van der Waals surface area (Å²) in [5.74, 6) is 0.782. The highest BCUT2D eigenvalue weighted by molar-refractivity contribution is 5.93. The van der Waals surface area contributed by atoms with E-state index in [4.69, 9.17) is 18.9 Å². The van der Waals surface area contributed by atoms with Gasteiger partial charge in [0, 0.05) is 11.8 Å². The van der Waals surface area contributed by atoms with E-state index in [-0.39, 0.29) is 20.0 Å². The lowest BCUT2D eigenvalue weighted by Crippen LogP contribution is -2.23. The lowest BCUT2D eigenvalue weighted by molar-refractivity contribution is -0.149. The fourth-order valence-corrected chi connectivity index (χ4v) is 3.14. The van der Waals surface area contributed by atoms with E-state index in [1.165, 1.54) is 11.1 Å². The molecule has 1 amide bonds. The predicted octanol–water partition coefficient (Wildman–Crippen LogP) is 2.46. The molecule has 1 aliphatic heterocycles. The van der Waals surface area contributed by atoms with Gasteiger partial charge in [-0.1, -0.05) is 6.07 Å². The highest BCUT2D eigenvalue weighted by Gasteiger charge is 2.15. The molecule has 1 aliphatic carbocycles. The zero-order valence-corrected chi connectivity index (χ0v) is 14.7. The summed E-state index contributed by atoms with van der Waals surface area (Å²) in [6.07, 6.45) is 3.28. The van der Waals surface area contributed by atoms with Crippen LogP contribution in [0.1, 0.15) is 17.5 Å². The van der Waals surface area contributed by atoms with Crippen molar-refractivity contribution in [3.8, 4) is 17.2 Å². The van der Waals surface area contributed by atoms with Gasteiger partial charge in [0.15, 0.2) is 24.7 Å². The number of esters is 1. The van der Waals surface area contributed by atoms with Gasteiger partial charge in [0.05, 0.1) is 0 Å². The molecule has 0 radical (unpaired) electrons. The first-order valence-electron chi connectivity index (χ1n) is 8.77. The van der Waals surface area contributed by atoms with Gasteiger partial charge in [0.2, 0.25) is 6.79 Å². The molecule has 2 aliphatic rings. The molecule has 2 aromatic carbocycles. The Balaban J connectivity index is 1.21. The first-order valence-corrected chi connectivity index (χ1v) is 8.77. The van der Waals surface area contributed by atoms with E-state index >= 15 is 0 Å². The van der Waals surface area contributed by atoms with E-state index < -0.39 is 11.9 Å². The average Bonchev–Trinajstić information content (AvgIpc) is 3.32. The third kappa shape index (κ3) is 4.13. The highest BCUT2D eigenvalue weighted by Crippen LogP contribution is 2.34. The predicted molar refractivity (Wildman–Crippen MR) is 96.1 cm³/mol. The average molecular weight is 369 g/mol. The largest absolute Gasteiger partial charge is 0.482 e. The van der Waals surface area contributed by atoms with Gasteiger partial charge in [-0.15, -0.1) is 0 Å². The topological polar surface area (TPSA) is 83.1 Å². The Kier molecular flexibility index (Phi) is 4.82. The summed E-state index contributed by atoms with van der Waals surface area (Å²) in [6, 6.07) is 10.9. The Morgan fingerprint density at radius 3 is 2.74 bits per heavy atom. The summed E-state index contributed by atoms with van der Waals surface area (Å²) in [5.41, 5.74) is 3.14. The van der Waals surface area contributed by atoms with Crippen molar-refractivity contribution in [2.75, 3.05) is 25.3 Å². The van der Waals surface area contributed by atoms with Crippen LogP contribution in [0.2, 0.25) is 0 Å². The van der Waals surface area contributed by atoms with Gasteiger partial charge < -0.3 is 24.3 Å². The summed E-state index contributed by atoms with van der Waals surface area (Å²) >= 11 is 0. The summed E-state index contributed by atoms with van der Waals surface area (Å²) in [5, 5.41) is 2.64. The molecule has 1 heterocycles. The van der Waals surface area contributed by atoms with Gasteiger partial charge in [0.25, 0.3) is 5.91 Å². The lowest BCUT2D eigenvalue weighted by Gasteiger charge is -2.09. The number of hydrogen-bond acceptors (Lipinski definition) is 6. The molecule has 0 fully saturated rings. The monoisotopic (exact) mass is 369 g/mol. The third-order valence-corrected chi connectivity index (χ3v) is 4.45. The molecule has 0 saturated heterocycles. The van der Waals surface area contributed by atoms with E-state index in [1.54, 1.807) is 18.2 Å². The molecule has 0 saturated carbocycles. The molecular formula is C20H19NO6. The van der Waals surface area contributed by atoms with Gasteiger partial charge in [-0.3, -0.25) is 4.79 Å². The fraction of sp³-hybridized carbons (Fsp3) is 0.300. The van der Waals surface area contributed by atoms with E-state index in [9.17, 15) is 9.59 Å². The van der Waals surface area contributed by atoms with Crippen LogP contribution in [0.5, 0.6) is 17.2 Å². The number of fused-ring (bicyclic) bond motifs is 2. The van der Waals surface area contributed by atoms with E-state index in [1.807, 2.05) is 18.2 Å². The van der Waals surface area contributed by atoms with Crippen LogP contribution in [0, 0.1) is 0 Å². The van der Waals surface area contributed by atoms with Crippen LogP contribution in [0.3, 0.4) is 0 Å². The highest BCUT2D eigenvalue weighted by atomic mass is 16.7. The Morgan fingerprint density at radius 2 is 1.81 bits per heavy atom. The van der Waals surface area contributed by atoms with Crippen LogP contribution < -0.4 is 19.5 Å². The molecule has 7 heteroatoms. The minimum atomic E-state index is -0.601. The van der Waals surface area contributed by atoms with Crippen molar-refractivity contribution in [2.45, 2.75) is 19.3 Å². The summed E-state index contributed by atoms with van der Waals surface area (Å²) in [4.78, 5) is 23.7. The van der Waals surface area contributed by atoms with Crippen molar-refractivity contribution in [3.05, 3.63) is 47.5 Å². The number of aryl methyl sites for hydroxylation is 2. The van der Waals surface area contributed by atoms with E-state index in [0.717, 1.165) is 19.3 Å². The molecule has 0 atom stereocenters. The van der Waals surface area contributed by atoms with E-state index in [2.05, 4.69) is 5.32 Å². The van der Waals surface area contributed by atoms with Gasteiger partial charge in [-0.05, 0) is 54.7 Å². The van der Waals surface area contributed by atoms with Crippen LogP contribution in [0.25, 0.3) is 0 Å². The van der Waals surface area contributed by atoms with Gasteiger partial charge in [-0.2, -0.15) is 0 Å². The zero-order chi connectivity index (χ0) is 18.6. The fourth-order valence-electron chi connectivity index (χ4n) is 3.14. The lowest BCUT2D eigenvalue weighted by atomic mass is 10.1. The number of carbonyl (C=O) groups excluding carboxylic acids is 2. The molecule has 140 valence electrons. The molecule has 27 heavy (non-hydrogen) atoms. The quantitative estimate of drug-likeness (QED) is 0.788. The first-order chi connectivity index (χ1) is 13.2. The number of anilines is 1. The summed E-state index contributed by atoms with van der Waals surface area (Å²) in [7, 11) is 0. The van der Waals surface area contributed by atoms with Gasteiger partial charge in [-0.25, -0.2) is 4.79 Å². The molecule has 2 aromatic rings. The van der Waals surface area contributed by atoms with Crippen molar-refractivity contribution in [3.63, 3.8) is 0 Å². The molecule has 4 rings (SSSR count). The van der Waals surface area contributed by atoms with Crippen molar-refractivity contribution >= 4 is 17.6 Å². The van der Waals surface area contributed by atoms with Crippen molar-refractivity contribution in [2.24, 2.45) is 0 Å². The van der Waals surface area contributed by atoms with E-state index in [0.29, 0.717) is 22.9 Å². The Morgan fingerprint density at radius 1 is 0.963 bits per heavy atom. The third-order valence-electron chi connectivity index (χ3n) is 4.45. The Bertz CT molecular complexity index is 879. The number of ether oxygens (including phenoxy) is 4. The van der Waals surface area contributed by atoms with Crippen LogP contribution in [-0.2, 0) is 27.2 Å². The molecule has 0 bridgehead atoms. The molecule has 0 unspecified atom stereocenters. The maximum absolute atomic E-state index is 11.9. The number of benzene rings is 2. The minimum absolute atomic E-state index is 0.161. The standard InChI is InChI=1S/C20H19NO6/c22-19(21-15-5-7-17-18(9-15)27-12-26-17)10-25-20(23)11-24-16-6-4-13-2-1-3-14(13)8-16/h4-9H,1-3,10-12H2,(H,21,22). The number of nitrogens with one attached hydrogen (secondary N) is 1. The van der Waals surface area contributed by atoms with Crippen molar-refractivity contribution in [1.82, 2.24) is 0 Å². The number of rotatable bonds is 6. The minimum Gasteiger partial charge on any atom is -0.482 e. The molecule has 7 nitrogen and oxygen atoms in total. The van der Waals surface area contributed by atoms with Crippen molar-refractivity contribution in [1.29, 1.82) is 0 Å². The summed E-state index contributed by atoms with van der Waals surface area (Å²) in [6.45, 7) is -0.467. The second-order valence-corrected chi connectivity index (χ2v) is 6.35. The summed E-state index contributed by atoms with van der Waals surface area (Å²) < 4.78 is 20.9. The normalized spacial score (nSPS) is 13.8. The Labute approximate surface area is 156 Å². The Hall–Kier alpha value is -3.22. The first kappa shape index (κ1) is 17.2. The van der Waals surface area contributed by atoms with Crippen LogP contribution in [0.4, 0.5) is 5.69 Å². The SMILES string of the molecule is O=C(COC(=O)COc1ccc2c(c1)CCC2)Nc1ccc2c(c1)OCO2.